The largest absolute Gasteiger partial charge is 0.465 e. The molecular formula is C16H18N4O4. The highest BCUT2D eigenvalue weighted by Crippen LogP contribution is 2.13. The number of aryl methyl sites for hydroxylation is 1. The van der Waals surface area contributed by atoms with E-state index in [0.29, 0.717) is 11.3 Å². The van der Waals surface area contributed by atoms with Crippen LogP contribution >= 0.6 is 0 Å². The van der Waals surface area contributed by atoms with Gasteiger partial charge in [0.05, 0.1) is 0 Å². The van der Waals surface area contributed by atoms with Gasteiger partial charge in [0.1, 0.15) is 11.7 Å². The Hall–Kier alpha value is -3.29. The summed E-state index contributed by atoms with van der Waals surface area (Å²) in [4.78, 5) is 35.0. The van der Waals surface area contributed by atoms with Gasteiger partial charge < -0.3 is 15.7 Å². The van der Waals surface area contributed by atoms with Gasteiger partial charge in [0.25, 0.3) is 11.8 Å². The molecule has 24 heavy (non-hydrogen) atoms. The smallest absolute Gasteiger partial charge is 0.405 e. The summed E-state index contributed by atoms with van der Waals surface area (Å²) in [5.41, 5.74) is 4.05. The third-order valence-electron chi connectivity index (χ3n) is 3.30. The minimum atomic E-state index is -1.30. The van der Waals surface area contributed by atoms with Crippen LogP contribution in [0.3, 0.4) is 0 Å². The van der Waals surface area contributed by atoms with Gasteiger partial charge in [-0.15, -0.1) is 0 Å². The third-order valence-corrected chi connectivity index (χ3v) is 3.30. The number of rotatable bonds is 5. The van der Waals surface area contributed by atoms with Crippen LogP contribution in [-0.4, -0.2) is 33.7 Å². The van der Waals surface area contributed by atoms with E-state index >= 15 is 0 Å². The predicted octanol–water partition coefficient (Wildman–Crippen LogP) is 1.78. The Morgan fingerprint density at radius 2 is 1.79 bits per heavy atom. The number of anilines is 1. The monoisotopic (exact) mass is 330 g/mol. The second kappa shape index (κ2) is 7.32. The van der Waals surface area contributed by atoms with E-state index in [0.717, 1.165) is 0 Å². The van der Waals surface area contributed by atoms with Crippen molar-refractivity contribution in [2.75, 3.05) is 10.7 Å². The molecule has 126 valence electrons. The van der Waals surface area contributed by atoms with E-state index in [2.05, 4.69) is 10.7 Å². The molecule has 0 aliphatic carbocycles. The second-order valence-corrected chi connectivity index (χ2v) is 5.18. The molecule has 0 saturated heterocycles. The number of nitrogens with zero attached hydrogens (tertiary/aromatic N) is 1. The number of hydrogen-bond acceptors (Lipinski definition) is 3. The first-order valence-electron chi connectivity index (χ1n) is 7.23. The highest BCUT2D eigenvalue weighted by atomic mass is 16.4. The average molecular weight is 330 g/mol. The zero-order chi connectivity index (χ0) is 17.7. The number of nitrogens with one attached hydrogen (secondary N) is 3. The van der Waals surface area contributed by atoms with Crippen LogP contribution in [0.15, 0.2) is 42.6 Å². The molecule has 8 heteroatoms. The Balaban J connectivity index is 2.14. The summed E-state index contributed by atoms with van der Waals surface area (Å²) < 4.78 is 1.27. The van der Waals surface area contributed by atoms with Crippen molar-refractivity contribution < 1.29 is 19.5 Å². The molecule has 0 radical (unpaired) electrons. The molecule has 1 aromatic carbocycles. The number of carbonyl (C=O) groups excluding carboxylic acids is 2. The Morgan fingerprint density at radius 1 is 1.12 bits per heavy atom. The van der Waals surface area contributed by atoms with Gasteiger partial charge >= 0.3 is 6.09 Å². The molecule has 0 bridgehead atoms. The number of carboxylic acid groups (broad SMARTS) is 1. The average Bonchev–Trinajstić information content (AvgIpc) is 2.88. The van der Waals surface area contributed by atoms with E-state index < -0.39 is 18.0 Å². The van der Waals surface area contributed by atoms with Crippen LogP contribution in [-0.2, 0) is 4.79 Å². The first-order valence-corrected chi connectivity index (χ1v) is 7.23. The molecule has 0 aliphatic heterocycles. The van der Waals surface area contributed by atoms with Crippen molar-refractivity contribution in [3.8, 4) is 0 Å². The van der Waals surface area contributed by atoms with Gasteiger partial charge in [-0.25, -0.2) is 4.79 Å². The maximum Gasteiger partial charge on any atom is 0.405 e. The van der Waals surface area contributed by atoms with Crippen molar-refractivity contribution in [2.24, 2.45) is 0 Å². The molecule has 2 aromatic rings. The van der Waals surface area contributed by atoms with Crippen LogP contribution in [0.2, 0.25) is 0 Å². The third kappa shape index (κ3) is 4.13. The van der Waals surface area contributed by atoms with E-state index in [1.807, 2.05) is 11.4 Å². The molecule has 4 N–H and O–H groups in total. The molecular weight excluding hydrogens is 312 g/mol. The van der Waals surface area contributed by atoms with Crippen LogP contribution in [0.1, 0.15) is 23.0 Å². The molecule has 1 unspecified atom stereocenters. The number of para-hydroxylation sites is 1. The van der Waals surface area contributed by atoms with Crippen LogP contribution in [0.5, 0.6) is 0 Å². The summed E-state index contributed by atoms with van der Waals surface area (Å²) in [6.07, 6.45) is 0.226. The van der Waals surface area contributed by atoms with Crippen molar-refractivity contribution in [3.05, 3.63) is 53.9 Å². The molecule has 1 aromatic heterocycles. The van der Waals surface area contributed by atoms with Gasteiger partial charge in [-0.05, 0) is 37.6 Å². The lowest BCUT2D eigenvalue weighted by atomic mass is 10.2. The highest BCUT2D eigenvalue weighted by molar-refractivity contribution is 6.05. The molecule has 0 fully saturated rings. The summed E-state index contributed by atoms with van der Waals surface area (Å²) in [6.45, 7) is 3.14. The first kappa shape index (κ1) is 17.1. The fraction of sp³-hybridized carbons (Fsp3) is 0.188. The Kier molecular flexibility index (Phi) is 5.20. The van der Waals surface area contributed by atoms with Gasteiger partial charge in [0.15, 0.2) is 0 Å². The van der Waals surface area contributed by atoms with Crippen LogP contribution in [0.25, 0.3) is 0 Å². The molecule has 1 heterocycles. The maximum atomic E-state index is 12.5. The number of benzene rings is 1. The molecule has 1 atom stereocenters. The summed E-state index contributed by atoms with van der Waals surface area (Å²) >= 11 is 0. The summed E-state index contributed by atoms with van der Waals surface area (Å²) in [5, 5.41) is 13.4. The zero-order valence-electron chi connectivity index (χ0n) is 13.2. The Morgan fingerprint density at radius 3 is 2.42 bits per heavy atom. The standard InChI is InChI=1S/C16H18N4O4/c1-10-8-9-20(19-14(21)11(2)17-16(23)24)13(10)15(22)18-12-6-4-3-5-7-12/h3-9,11,17H,1-2H3,(H,18,22)(H,19,21)(H,23,24). The summed E-state index contributed by atoms with van der Waals surface area (Å²) in [5.74, 6) is -0.968. The van der Waals surface area contributed by atoms with Crippen molar-refractivity contribution in [3.63, 3.8) is 0 Å². The number of carbonyl (C=O) groups is 3. The van der Waals surface area contributed by atoms with Gasteiger partial charge in [-0.2, -0.15) is 0 Å². The van der Waals surface area contributed by atoms with E-state index in [4.69, 9.17) is 5.11 Å². The quantitative estimate of drug-likeness (QED) is 0.669. The normalized spacial score (nSPS) is 11.4. The summed E-state index contributed by atoms with van der Waals surface area (Å²) in [6, 6.07) is 9.63. The lowest BCUT2D eigenvalue weighted by Crippen LogP contribution is -2.43. The van der Waals surface area contributed by atoms with E-state index in [9.17, 15) is 14.4 Å². The zero-order valence-corrected chi connectivity index (χ0v) is 13.2. The van der Waals surface area contributed by atoms with Crippen molar-refractivity contribution >= 4 is 23.6 Å². The molecule has 0 saturated carbocycles. The fourth-order valence-electron chi connectivity index (χ4n) is 2.09. The minimum absolute atomic E-state index is 0.259. The van der Waals surface area contributed by atoms with E-state index in [-0.39, 0.29) is 11.6 Å². The first-order chi connectivity index (χ1) is 11.4. The van der Waals surface area contributed by atoms with Gasteiger partial charge in [0, 0.05) is 11.9 Å². The van der Waals surface area contributed by atoms with Crippen molar-refractivity contribution in [2.45, 2.75) is 19.9 Å². The van der Waals surface area contributed by atoms with Crippen molar-refractivity contribution in [1.82, 2.24) is 9.99 Å². The van der Waals surface area contributed by atoms with Gasteiger partial charge in [-0.3, -0.25) is 19.7 Å². The highest BCUT2D eigenvalue weighted by Gasteiger charge is 2.20. The molecule has 0 aliphatic rings. The molecule has 0 spiro atoms. The fourth-order valence-corrected chi connectivity index (χ4v) is 2.09. The Labute approximate surface area is 138 Å². The second-order valence-electron chi connectivity index (χ2n) is 5.18. The van der Waals surface area contributed by atoms with Crippen LogP contribution in [0, 0.1) is 6.92 Å². The number of hydrogen-bond donors (Lipinski definition) is 4. The number of amides is 3. The number of aromatic nitrogens is 1. The maximum absolute atomic E-state index is 12.5. The SMILES string of the molecule is Cc1ccn(NC(=O)C(C)NC(=O)O)c1C(=O)Nc1ccccc1. The Bertz CT molecular complexity index is 755. The topological polar surface area (TPSA) is 112 Å². The van der Waals surface area contributed by atoms with E-state index in [1.165, 1.54) is 17.8 Å². The summed E-state index contributed by atoms with van der Waals surface area (Å²) in [7, 11) is 0. The predicted molar refractivity (Wildman–Crippen MR) is 88.6 cm³/mol. The van der Waals surface area contributed by atoms with Gasteiger partial charge in [-0.1, -0.05) is 18.2 Å². The lowest BCUT2D eigenvalue weighted by Gasteiger charge is -2.15. The lowest BCUT2D eigenvalue weighted by molar-refractivity contribution is -0.118. The van der Waals surface area contributed by atoms with Gasteiger partial charge in [0.2, 0.25) is 0 Å². The van der Waals surface area contributed by atoms with Crippen LogP contribution in [0.4, 0.5) is 10.5 Å². The minimum Gasteiger partial charge on any atom is -0.465 e. The van der Waals surface area contributed by atoms with Crippen molar-refractivity contribution in [1.29, 1.82) is 0 Å². The molecule has 2 rings (SSSR count). The molecule has 8 nitrogen and oxygen atoms in total. The molecule has 3 amide bonds. The van der Waals surface area contributed by atoms with Crippen LogP contribution < -0.4 is 16.1 Å². The van der Waals surface area contributed by atoms with E-state index in [1.54, 1.807) is 37.3 Å².